The molecule has 0 aliphatic rings. The molecular formula is C11H30. The summed E-state index contributed by atoms with van der Waals surface area (Å²) in [5.41, 5.74) is 0.500. The van der Waals surface area contributed by atoms with E-state index >= 15 is 0 Å². The molecule has 0 heterocycles. The van der Waals surface area contributed by atoms with Crippen molar-refractivity contribution in [2.75, 3.05) is 0 Å². The van der Waals surface area contributed by atoms with E-state index in [1.807, 2.05) is 41.5 Å². The lowest BCUT2D eigenvalue weighted by molar-refractivity contribution is 0.469. The Hall–Kier alpha value is 0. The van der Waals surface area contributed by atoms with Gasteiger partial charge in [-0.1, -0.05) is 69.2 Å². The van der Waals surface area contributed by atoms with E-state index in [-0.39, 0.29) is 0 Å². The Morgan fingerprint density at radius 1 is 0.455 bits per heavy atom. The van der Waals surface area contributed by atoms with Gasteiger partial charge in [-0.3, -0.25) is 0 Å². The SMILES string of the molecule is CC.CC.CC.CC(C)(C)C. The highest BCUT2D eigenvalue weighted by atomic mass is 14.0. The van der Waals surface area contributed by atoms with Crippen LogP contribution in [0, 0.1) is 5.41 Å². The van der Waals surface area contributed by atoms with Gasteiger partial charge in [0, 0.05) is 0 Å². The molecule has 0 saturated carbocycles. The molecule has 0 aromatic rings. The molecule has 0 aliphatic carbocycles. The summed E-state index contributed by atoms with van der Waals surface area (Å²) in [4.78, 5) is 0. The molecular weight excluding hydrogens is 132 g/mol. The van der Waals surface area contributed by atoms with Crippen LogP contribution in [0.5, 0.6) is 0 Å². The summed E-state index contributed by atoms with van der Waals surface area (Å²) < 4.78 is 0. The van der Waals surface area contributed by atoms with Crippen molar-refractivity contribution in [2.24, 2.45) is 5.41 Å². The lowest BCUT2D eigenvalue weighted by atomic mass is 10.0. The molecule has 74 valence electrons. The molecule has 0 atom stereocenters. The minimum absolute atomic E-state index is 0.500. The molecule has 0 aromatic heterocycles. The largest absolute Gasteiger partial charge is 0.0683 e. The quantitative estimate of drug-likeness (QED) is 0.463. The fraction of sp³-hybridized carbons (Fsp3) is 1.00. The van der Waals surface area contributed by atoms with Crippen molar-refractivity contribution in [3.63, 3.8) is 0 Å². The summed E-state index contributed by atoms with van der Waals surface area (Å²) in [5.74, 6) is 0. The first-order chi connectivity index (χ1) is 5.00. The van der Waals surface area contributed by atoms with Crippen LogP contribution in [0.3, 0.4) is 0 Å². The minimum Gasteiger partial charge on any atom is -0.0683 e. The van der Waals surface area contributed by atoms with Crippen LogP contribution in [-0.2, 0) is 0 Å². The zero-order chi connectivity index (χ0) is 10.5. The van der Waals surface area contributed by atoms with Crippen molar-refractivity contribution >= 4 is 0 Å². The molecule has 0 rings (SSSR count). The molecule has 0 saturated heterocycles. The smallest absolute Gasteiger partial charge is 0.0411 e. The van der Waals surface area contributed by atoms with E-state index in [2.05, 4.69) is 27.7 Å². The van der Waals surface area contributed by atoms with Crippen molar-refractivity contribution < 1.29 is 0 Å². The Kier molecular flexibility index (Phi) is 45.9. The molecule has 0 aromatic carbocycles. The maximum Gasteiger partial charge on any atom is -0.0411 e. The fourth-order valence-corrected chi connectivity index (χ4v) is 0. The molecule has 0 radical (unpaired) electrons. The van der Waals surface area contributed by atoms with Crippen LogP contribution >= 0.6 is 0 Å². The van der Waals surface area contributed by atoms with Gasteiger partial charge >= 0.3 is 0 Å². The van der Waals surface area contributed by atoms with E-state index < -0.39 is 0 Å². The normalized spacial score (nSPS) is 7.09. The van der Waals surface area contributed by atoms with Crippen molar-refractivity contribution in [3.8, 4) is 0 Å². The highest BCUT2D eigenvalue weighted by Gasteiger charge is 1.95. The second-order valence-corrected chi connectivity index (χ2v) is 3.00. The van der Waals surface area contributed by atoms with E-state index in [4.69, 9.17) is 0 Å². The van der Waals surface area contributed by atoms with E-state index in [1.54, 1.807) is 0 Å². The van der Waals surface area contributed by atoms with Crippen LogP contribution in [0.1, 0.15) is 69.2 Å². The molecule has 0 N–H and O–H groups in total. The lowest BCUT2D eigenvalue weighted by Crippen LogP contribution is -1.93. The second-order valence-electron chi connectivity index (χ2n) is 3.00. The predicted octanol–water partition coefficient (Wildman–Crippen LogP) is 5.13. The monoisotopic (exact) mass is 162 g/mol. The third kappa shape index (κ3) is 0. The third-order valence-electron chi connectivity index (χ3n) is 0. The van der Waals surface area contributed by atoms with E-state index in [9.17, 15) is 0 Å². The van der Waals surface area contributed by atoms with Gasteiger partial charge in [-0.25, -0.2) is 0 Å². The molecule has 0 amide bonds. The maximum atomic E-state index is 2.19. The number of hydrogen-bond donors (Lipinski definition) is 0. The van der Waals surface area contributed by atoms with Crippen LogP contribution < -0.4 is 0 Å². The highest BCUT2D eigenvalue weighted by molar-refractivity contribution is 4.47. The van der Waals surface area contributed by atoms with Gasteiger partial charge in [0.2, 0.25) is 0 Å². The Morgan fingerprint density at radius 3 is 0.455 bits per heavy atom. The molecule has 0 fully saturated rings. The Balaban J connectivity index is -0.0000000350. The van der Waals surface area contributed by atoms with Gasteiger partial charge in [0.15, 0.2) is 0 Å². The molecule has 0 unspecified atom stereocenters. The summed E-state index contributed by atoms with van der Waals surface area (Å²) in [7, 11) is 0. The molecule has 0 aliphatic heterocycles. The zero-order valence-corrected chi connectivity index (χ0v) is 10.5. The summed E-state index contributed by atoms with van der Waals surface area (Å²) in [6.45, 7) is 20.8. The van der Waals surface area contributed by atoms with Gasteiger partial charge < -0.3 is 0 Å². The Morgan fingerprint density at radius 2 is 0.455 bits per heavy atom. The van der Waals surface area contributed by atoms with E-state index in [1.165, 1.54) is 0 Å². The molecule has 0 bridgehead atoms. The van der Waals surface area contributed by atoms with Crippen LogP contribution in [0.25, 0.3) is 0 Å². The molecule has 11 heavy (non-hydrogen) atoms. The van der Waals surface area contributed by atoms with Gasteiger partial charge in [-0.05, 0) is 5.41 Å². The highest BCUT2D eigenvalue weighted by Crippen LogP contribution is 2.07. The first-order valence-electron chi connectivity index (χ1n) is 5.00. The summed E-state index contributed by atoms with van der Waals surface area (Å²) in [6.07, 6.45) is 0. The maximum absolute atomic E-state index is 2.19. The van der Waals surface area contributed by atoms with E-state index in [0.717, 1.165) is 0 Å². The Bertz CT molecular complexity index is 15.5. The fourth-order valence-electron chi connectivity index (χ4n) is 0. The average Bonchev–Trinajstić information content (AvgIpc) is 1.96. The first-order valence-corrected chi connectivity index (χ1v) is 5.00. The first kappa shape index (κ1) is 22.4. The van der Waals surface area contributed by atoms with Crippen molar-refractivity contribution in [1.82, 2.24) is 0 Å². The third-order valence-corrected chi connectivity index (χ3v) is 0. The topological polar surface area (TPSA) is 0 Å². The van der Waals surface area contributed by atoms with Crippen molar-refractivity contribution in [2.45, 2.75) is 69.2 Å². The van der Waals surface area contributed by atoms with Crippen LogP contribution in [0.2, 0.25) is 0 Å². The summed E-state index contributed by atoms with van der Waals surface area (Å²) in [6, 6.07) is 0. The second kappa shape index (κ2) is 22.5. The number of rotatable bonds is 0. The van der Waals surface area contributed by atoms with Gasteiger partial charge in [0.1, 0.15) is 0 Å². The average molecular weight is 162 g/mol. The summed E-state index contributed by atoms with van der Waals surface area (Å²) >= 11 is 0. The lowest BCUT2D eigenvalue weighted by Gasteiger charge is -2.05. The molecule has 0 spiro atoms. The number of hydrogen-bond acceptors (Lipinski definition) is 0. The van der Waals surface area contributed by atoms with E-state index in [0.29, 0.717) is 5.41 Å². The van der Waals surface area contributed by atoms with Crippen LogP contribution in [0.15, 0.2) is 0 Å². The van der Waals surface area contributed by atoms with Gasteiger partial charge in [0.25, 0.3) is 0 Å². The van der Waals surface area contributed by atoms with Gasteiger partial charge in [-0.2, -0.15) is 0 Å². The molecule has 0 heteroatoms. The summed E-state index contributed by atoms with van der Waals surface area (Å²) in [5, 5.41) is 0. The minimum atomic E-state index is 0.500. The van der Waals surface area contributed by atoms with Crippen molar-refractivity contribution in [1.29, 1.82) is 0 Å². The van der Waals surface area contributed by atoms with Gasteiger partial charge in [-0.15, -0.1) is 0 Å². The standard InChI is InChI=1S/C5H12.3C2H6/c1-5(2,3)4;3*1-2/h1-4H3;3*1-2H3. The Labute approximate surface area is 75.4 Å². The van der Waals surface area contributed by atoms with Crippen LogP contribution in [0.4, 0.5) is 0 Å². The molecule has 0 nitrogen and oxygen atoms in total. The van der Waals surface area contributed by atoms with Crippen LogP contribution in [-0.4, -0.2) is 0 Å². The zero-order valence-electron chi connectivity index (χ0n) is 10.5. The van der Waals surface area contributed by atoms with Crippen molar-refractivity contribution in [3.05, 3.63) is 0 Å². The predicted molar refractivity (Wildman–Crippen MR) is 59.2 cm³/mol. The van der Waals surface area contributed by atoms with Gasteiger partial charge in [0.05, 0.1) is 0 Å².